The van der Waals surface area contributed by atoms with Crippen molar-refractivity contribution in [3.63, 3.8) is 0 Å². The number of unbranched alkanes of at least 4 members (excludes halogenated alkanes) is 3. The monoisotopic (exact) mass is 501 g/mol. The molecule has 0 aromatic heterocycles. The Morgan fingerprint density at radius 1 is 1.11 bits per heavy atom. The van der Waals surface area contributed by atoms with Crippen molar-refractivity contribution in [2.75, 3.05) is 31.5 Å². The minimum Gasteiger partial charge on any atom is -0.357 e. The largest absolute Gasteiger partial charge is 0.357 e. The van der Waals surface area contributed by atoms with Crippen molar-refractivity contribution in [2.24, 2.45) is 4.99 Å². The van der Waals surface area contributed by atoms with E-state index in [9.17, 15) is 4.79 Å². The summed E-state index contributed by atoms with van der Waals surface area (Å²) in [6.45, 7) is 8.36. The lowest BCUT2D eigenvalue weighted by Crippen LogP contribution is -2.37. The summed E-state index contributed by atoms with van der Waals surface area (Å²) in [7, 11) is 0. The maximum Gasteiger partial charge on any atom is 0.321 e. The van der Waals surface area contributed by atoms with Gasteiger partial charge in [-0.2, -0.15) is 0 Å². The van der Waals surface area contributed by atoms with Crippen molar-refractivity contribution in [2.45, 2.75) is 58.9 Å². The SMILES string of the molecule is CCCCCCNC(=NCc1cccc(NC(=O)N2CCCC2)c1)NCC.I. The molecule has 0 radical (unpaired) electrons. The van der Waals surface area contributed by atoms with E-state index in [4.69, 9.17) is 0 Å². The van der Waals surface area contributed by atoms with Crippen LogP contribution in [0.5, 0.6) is 0 Å². The highest BCUT2D eigenvalue weighted by Crippen LogP contribution is 2.14. The van der Waals surface area contributed by atoms with Crippen LogP contribution in [0, 0.1) is 0 Å². The van der Waals surface area contributed by atoms with Crippen molar-refractivity contribution in [1.29, 1.82) is 0 Å². The minimum absolute atomic E-state index is 0. The van der Waals surface area contributed by atoms with Crippen LogP contribution in [0.2, 0.25) is 0 Å². The fourth-order valence-corrected chi connectivity index (χ4v) is 3.14. The molecule has 0 bridgehead atoms. The predicted molar refractivity (Wildman–Crippen MR) is 129 cm³/mol. The van der Waals surface area contributed by atoms with Crippen LogP contribution in [0.3, 0.4) is 0 Å². The number of halogens is 1. The van der Waals surface area contributed by atoms with Gasteiger partial charge in [0, 0.05) is 31.9 Å². The van der Waals surface area contributed by atoms with Gasteiger partial charge in [-0.15, -0.1) is 24.0 Å². The van der Waals surface area contributed by atoms with Crippen LogP contribution in [0.15, 0.2) is 29.3 Å². The lowest BCUT2D eigenvalue weighted by Gasteiger charge is -2.16. The maximum absolute atomic E-state index is 12.2. The molecule has 158 valence electrons. The molecule has 6 nitrogen and oxygen atoms in total. The summed E-state index contributed by atoms with van der Waals surface area (Å²) in [6.07, 6.45) is 7.14. The van der Waals surface area contributed by atoms with E-state index < -0.39 is 0 Å². The molecule has 2 rings (SSSR count). The van der Waals surface area contributed by atoms with Crippen LogP contribution >= 0.6 is 24.0 Å². The Bertz CT molecular complexity index is 602. The zero-order valence-electron chi connectivity index (χ0n) is 17.3. The molecular weight excluding hydrogens is 465 g/mol. The van der Waals surface area contributed by atoms with Crippen molar-refractivity contribution in [3.05, 3.63) is 29.8 Å². The Hall–Kier alpha value is -1.51. The molecule has 1 heterocycles. The van der Waals surface area contributed by atoms with E-state index >= 15 is 0 Å². The Morgan fingerprint density at radius 3 is 2.61 bits per heavy atom. The molecule has 0 unspecified atom stereocenters. The molecule has 0 atom stereocenters. The topological polar surface area (TPSA) is 68.8 Å². The fraction of sp³-hybridized carbons (Fsp3) is 0.619. The number of nitrogens with zero attached hydrogens (tertiary/aromatic N) is 2. The minimum atomic E-state index is -0.00441. The zero-order chi connectivity index (χ0) is 19.3. The highest BCUT2D eigenvalue weighted by Gasteiger charge is 2.17. The lowest BCUT2D eigenvalue weighted by molar-refractivity contribution is 0.222. The first-order chi connectivity index (χ1) is 13.2. The molecule has 0 spiro atoms. The van der Waals surface area contributed by atoms with Crippen LogP contribution in [-0.4, -0.2) is 43.1 Å². The molecule has 1 aromatic carbocycles. The molecule has 28 heavy (non-hydrogen) atoms. The number of carbonyl (C=O) groups excluding carboxylic acids is 1. The summed E-state index contributed by atoms with van der Waals surface area (Å²) in [5.41, 5.74) is 1.91. The van der Waals surface area contributed by atoms with Gasteiger partial charge in [0.2, 0.25) is 0 Å². The third kappa shape index (κ3) is 9.12. The van der Waals surface area contributed by atoms with Crippen molar-refractivity contribution in [1.82, 2.24) is 15.5 Å². The van der Waals surface area contributed by atoms with Gasteiger partial charge in [0.25, 0.3) is 0 Å². The van der Waals surface area contributed by atoms with E-state index in [2.05, 4.69) is 34.8 Å². The predicted octanol–water partition coefficient (Wildman–Crippen LogP) is 4.57. The van der Waals surface area contributed by atoms with E-state index in [0.29, 0.717) is 6.54 Å². The molecule has 1 fully saturated rings. The van der Waals surface area contributed by atoms with E-state index in [0.717, 1.165) is 62.7 Å². The van der Waals surface area contributed by atoms with Crippen molar-refractivity contribution >= 4 is 41.7 Å². The summed E-state index contributed by atoms with van der Waals surface area (Å²) >= 11 is 0. The van der Waals surface area contributed by atoms with E-state index in [1.165, 1.54) is 19.3 Å². The number of benzene rings is 1. The summed E-state index contributed by atoms with van der Waals surface area (Å²) in [5, 5.41) is 9.68. The molecule has 2 amide bonds. The number of nitrogens with one attached hydrogen (secondary N) is 3. The van der Waals surface area contributed by atoms with E-state index in [1.807, 2.05) is 29.2 Å². The van der Waals surface area contributed by atoms with Gasteiger partial charge in [0.15, 0.2) is 5.96 Å². The zero-order valence-corrected chi connectivity index (χ0v) is 19.6. The Labute approximate surface area is 187 Å². The van der Waals surface area contributed by atoms with Crippen molar-refractivity contribution in [3.8, 4) is 0 Å². The molecular formula is C21H36IN5O. The molecule has 0 saturated carbocycles. The summed E-state index contributed by atoms with van der Waals surface area (Å²) in [6, 6.07) is 7.94. The quantitative estimate of drug-likeness (QED) is 0.201. The number of likely N-dealkylation sites (tertiary alicyclic amines) is 1. The van der Waals surface area contributed by atoms with E-state index in [1.54, 1.807) is 0 Å². The van der Waals surface area contributed by atoms with E-state index in [-0.39, 0.29) is 30.0 Å². The van der Waals surface area contributed by atoms with Gasteiger partial charge in [0.1, 0.15) is 0 Å². The summed E-state index contributed by atoms with van der Waals surface area (Å²) in [5.74, 6) is 0.848. The highest BCUT2D eigenvalue weighted by molar-refractivity contribution is 14.0. The summed E-state index contributed by atoms with van der Waals surface area (Å²) < 4.78 is 0. The molecule has 7 heteroatoms. The van der Waals surface area contributed by atoms with Crippen LogP contribution in [0.25, 0.3) is 0 Å². The Balaban J connectivity index is 0.00000392. The van der Waals surface area contributed by atoms with Crippen LogP contribution in [0.1, 0.15) is 57.9 Å². The lowest BCUT2D eigenvalue weighted by atomic mass is 10.2. The van der Waals surface area contributed by atoms with Gasteiger partial charge in [-0.1, -0.05) is 38.3 Å². The molecule has 1 aliphatic heterocycles. The van der Waals surface area contributed by atoms with Crippen LogP contribution in [0.4, 0.5) is 10.5 Å². The second kappa shape index (κ2) is 14.5. The number of guanidine groups is 1. The van der Waals surface area contributed by atoms with Gasteiger partial charge in [0.05, 0.1) is 6.54 Å². The maximum atomic E-state index is 12.2. The number of carbonyl (C=O) groups is 1. The number of amides is 2. The molecule has 3 N–H and O–H groups in total. The average Bonchev–Trinajstić information content (AvgIpc) is 3.21. The molecule has 1 saturated heterocycles. The second-order valence-corrected chi connectivity index (χ2v) is 7.01. The first-order valence-electron chi connectivity index (χ1n) is 10.4. The Kier molecular flexibility index (Phi) is 12.7. The van der Waals surface area contributed by atoms with Gasteiger partial charge < -0.3 is 20.9 Å². The summed E-state index contributed by atoms with van der Waals surface area (Å²) in [4.78, 5) is 18.8. The second-order valence-electron chi connectivity index (χ2n) is 7.01. The normalized spacial score (nSPS) is 13.8. The first kappa shape index (κ1) is 24.5. The average molecular weight is 501 g/mol. The molecule has 1 aromatic rings. The van der Waals surface area contributed by atoms with Crippen LogP contribution in [-0.2, 0) is 6.54 Å². The van der Waals surface area contributed by atoms with Crippen molar-refractivity contribution < 1.29 is 4.79 Å². The van der Waals surface area contributed by atoms with Gasteiger partial charge >= 0.3 is 6.03 Å². The number of hydrogen-bond donors (Lipinski definition) is 3. The van der Waals surface area contributed by atoms with Gasteiger partial charge in [-0.05, 0) is 43.9 Å². The highest BCUT2D eigenvalue weighted by atomic mass is 127. The molecule has 0 aliphatic carbocycles. The molecule has 1 aliphatic rings. The third-order valence-electron chi connectivity index (χ3n) is 4.66. The van der Waals surface area contributed by atoms with Crippen LogP contribution < -0.4 is 16.0 Å². The number of hydrogen-bond acceptors (Lipinski definition) is 2. The Morgan fingerprint density at radius 2 is 1.89 bits per heavy atom. The standard InChI is InChI=1S/C21H35N5O.HI/c1-3-5-6-7-13-23-20(22-4-2)24-17-18-11-10-12-19(16-18)25-21(27)26-14-8-9-15-26;/h10-12,16H,3-9,13-15,17H2,1-2H3,(H,25,27)(H2,22,23,24);1H. The third-order valence-corrected chi connectivity index (χ3v) is 4.66. The first-order valence-corrected chi connectivity index (χ1v) is 10.4. The number of rotatable bonds is 9. The smallest absolute Gasteiger partial charge is 0.321 e. The number of anilines is 1. The number of urea groups is 1. The van der Waals surface area contributed by atoms with Gasteiger partial charge in [-0.3, -0.25) is 0 Å². The van der Waals surface area contributed by atoms with Gasteiger partial charge in [-0.25, -0.2) is 9.79 Å². The fourth-order valence-electron chi connectivity index (χ4n) is 3.14. The number of aliphatic imine (C=N–C) groups is 1.